The van der Waals surface area contributed by atoms with Gasteiger partial charge in [-0.15, -0.1) is 0 Å². The fourth-order valence-electron chi connectivity index (χ4n) is 0.973. The zero-order chi connectivity index (χ0) is 10.0. The summed E-state index contributed by atoms with van der Waals surface area (Å²) >= 11 is 3.06. The Labute approximate surface area is 82.3 Å². The molecule has 0 saturated heterocycles. The molecule has 0 bridgehead atoms. The first-order valence-corrected chi connectivity index (χ1v) is 4.57. The molecule has 0 radical (unpaired) electrons. The predicted octanol–water partition coefficient (Wildman–Crippen LogP) is 2.08. The molecule has 0 atom stereocenters. The minimum Gasteiger partial charge on any atom is -0.384 e. The number of anilines is 2. The molecule has 6 heteroatoms. The molecule has 0 amide bonds. The van der Waals surface area contributed by atoms with Crippen molar-refractivity contribution in [1.29, 1.82) is 0 Å². The van der Waals surface area contributed by atoms with Crippen molar-refractivity contribution in [3.63, 3.8) is 0 Å². The van der Waals surface area contributed by atoms with Crippen LogP contribution in [0, 0.1) is 0 Å². The Kier molecular flexibility index (Phi) is 3.02. The van der Waals surface area contributed by atoms with Crippen LogP contribution in [0.2, 0.25) is 0 Å². The van der Waals surface area contributed by atoms with Crippen molar-refractivity contribution < 1.29 is 8.78 Å². The number of alkyl halides is 3. The number of pyridine rings is 1. The number of halogens is 3. The minimum absolute atomic E-state index is 0.0116. The Morgan fingerprint density at radius 1 is 1.46 bits per heavy atom. The molecule has 0 spiro atoms. The molecule has 3 nitrogen and oxygen atoms in total. The standard InChI is InChI=1S/C7H8BrF2N3/c8-2-4-3(6(9)10)1-5(11)13-7(4)12/h1,6H,2H2,(H4,11,12,13). The predicted molar refractivity (Wildman–Crippen MR) is 50.6 cm³/mol. The highest BCUT2D eigenvalue weighted by molar-refractivity contribution is 9.08. The van der Waals surface area contributed by atoms with Crippen molar-refractivity contribution in [1.82, 2.24) is 4.98 Å². The van der Waals surface area contributed by atoms with Gasteiger partial charge in [0.15, 0.2) is 0 Å². The van der Waals surface area contributed by atoms with Crippen LogP contribution in [0.1, 0.15) is 17.6 Å². The van der Waals surface area contributed by atoms with Gasteiger partial charge < -0.3 is 11.5 Å². The lowest BCUT2D eigenvalue weighted by Gasteiger charge is -2.09. The van der Waals surface area contributed by atoms with Gasteiger partial charge in [0, 0.05) is 16.5 Å². The molecule has 0 fully saturated rings. The molecule has 0 aromatic carbocycles. The summed E-state index contributed by atoms with van der Waals surface area (Å²) < 4.78 is 24.8. The third kappa shape index (κ3) is 2.06. The fourth-order valence-corrected chi connectivity index (χ4v) is 1.58. The zero-order valence-electron chi connectivity index (χ0n) is 6.60. The van der Waals surface area contributed by atoms with Gasteiger partial charge in [0.1, 0.15) is 11.6 Å². The molecule has 0 aliphatic rings. The summed E-state index contributed by atoms with van der Waals surface area (Å²) in [5.74, 6) is 0.0599. The number of nitrogen functional groups attached to an aromatic ring is 2. The quantitative estimate of drug-likeness (QED) is 0.792. The molecule has 1 aromatic rings. The summed E-state index contributed by atoms with van der Waals surface area (Å²) in [6.07, 6.45) is -2.58. The van der Waals surface area contributed by atoms with Crippen molar-refractivity contribution in [2.75, 3.05) is 11.5 Å². The topological polar surface area (TPSA) is 64.9 Å². The van der Waals surface area contributed by atoms with Gasteiger partial charge in [-0.25, -0.2) is 13.8 Å². The van der Waals surface area contributed by atoms with Gasteiger partial charge in [0.2, 0.25) is 0 Å². The van der Waals surface area contributed by atoms with Gasteiger partial charge in [-0.2, -0.15) is 0 Å². The Hall–Kier alpha value is -0.910. The molecular weight excluding hydrogens is 244 g/mol. The van der Waals surface area contributed by atoms with E-state index >= 15 is 0 Å². The summed E-state index contributed by atoms with van der Waals surface area (Å²) in [5, 5.41) is 0.242. The average Bonchev–Trinajstić information content (AvgIpc) is 2.02. The van der Waals surface area contributed by atoms with E-state index in [0.717, 1.165) is 6.07 Å². The molecule has 4 N–H and O–H groups in total. The third-order valence-corrected chi connectivity index (χ3v) is 2.14. The van der Waals surface area contributed by atoms with E-state index < -0.39 is 6.43 Å². The third-order valence-electron chi connectivity index (χ3n) is 1.58. The maximum absolute atomic E-state index is 12.4. The first-order chi connectivity index (χ1) is 6.06. The summed E-state index contributed by atoms with van der Waals surface area (Å²) in [4.78, 5) is 3.68. The normalized spacial score (nSPS) is 10.8. The van der Waals surface area contributed by atoms with Gasteiger partial charge in [0.05, 0.1) is 0 Å². The number of aromatic nitrogens is 1. The lowest BCUT2D eigenvalue weighted by Crippen LogP contribution is -2.04. The van der Waals surface area contributed by atoms with Crippen LogP contribution in [0.3, 0.4) is 0 Å². The molecule has 0 unspecified atom stereocenters. The van der Waals surface area contributed by atoms with Gasteiger partial charge >= 0.3 is 0 Å². The fraction of sp³-hybridized carbons (Fsp3) is 0.286. The van der Waals surface area contributed by atoms with E-state index in [0.29, 0.717) is 5.56 Å². The summed E-state index contributed by atoms with van der Waals surface area (Å²) in [7, 11) is 0. The van der Waals surface area contributed by atoms with Crippen LogP contribution in [0.15, 0.2) is 6.07 Å². The molecule has 72 valence electrons. The van der Waals surface area contributed by atoms with E-state index in [2.05, 4.69) is 20.9 Å². The summed E-state index contributed by atoms with van der Waals surface area (Å²) in [6.45, 7) is 0. The van der Waals surface area contributed by atoms with Gasteiger partial charge in [-0.1, -0.05) is 15.9 Å². The molecular formula is C7H8BrF2N3. The van der Waals surface area contributed by atoms with E-state index in [1.807, 2.05) is 0 Å². The number of hydrogen-bond donors (Lipinski definition) is 2. The number of nitrogens with two attached hydrogens (primary N) is 2. The smallest absolute Gasteiger partial charge is 0.264 e. The van der Waals surface area contributed by atoms with Gasteiger partial charge in [0.25, 0.3) is 6.43 Å². The van der Waals surface area contributed by atoms with Crippen LogP contribution in [-0.2, 0) is 5.33 Å². The summed E-state index contributed by atoms with van der Waals surface area (Å²) in [6, 6.07) is 1.14. The lowest BCUT2D eigenvalue weighted by molar-refractivity contribution is 0.150. The monoisotopic (exact) mass is 251 g/mol. The Balaban J connectivity index is 3.29. The van der Waals surface area contributed by atoms with E-state index in [1.54, 1.807) is 0 Å². The molecule has 1 heterocycles. The second-order valence-electron chi connectivity index (χ2n) is 2.43. The molecule has 0 aliphatic heterocycles. The zero-order valence-corrected chi connectivity index (χ0v) is 8.18. The van der Waals surface area contributed by atoms with Crippen molar-refractivity contribution in [3.05, 3.63) is 17.2 Å². The van der Waals surface area contributed by atoms with Crippen LogP contribution in [0.25, 0.3) is 0 Å². The van der Waals surface area contributed by atoms with Gasteiger partial charge in [-0.3, -0.25) is 0 Å². The SMILES string of the molecule is Nc1cc(C(F)F)c(CBr)c(N)n1. The second-order valence-corrected chi connectivity index (χ2v) is 3.00. The highest BCUT2D eigenvalue weighted by Gasteiger charge is 2.16. The maximum atomic E-state index is 12.4. The second kappa shape index (κ2) is 3.87. The Morgan fingerprint density at radius 2 is 2.08 bits per heavy atom. The van der Waals surface area contributed by atoms with Crippen molar-refractivity contribution in [2.45, 2.75) is 11.8 Å². The first kappa shape index (κ1) is 10.2. The summed E-state index contributed by atoms with van der Waals surface area (Å²) in [5.41, 5.74) is 10.8. The van der Waals surface area contributed by atoms with Crippen LogP contribution < -0.4 is 11.5 Å². The Morgan fingerprint density at radius 3 is 2.54 bits per heavy atom. The lowest BCUT2D eigenvalue weighted by atomic mass is 10.1. The van der Waals surface area contributed by atoms with Crippen LogP contribution in [-0.4, -0.2) is 4.98 Å². The van der Waals surface area contributed by atoms with Crippen molar-refractivity contribution in [2.24, 2.45) is 0 Å². The first-order valence-electron chi connectivity index (χ1n) is 3.45. The van der Waals surface area contributed by atoms with E-state index in [-0.39, 0.29) is 22.5 Å². The largest absolute Gasteiger partial charge is 0.384 e. The molecule has 0 aliphatic carbocycles. The molecule has 1 aromatic heterocycles. The van der Waals surface area contributed by atoms with Crippen LogP contribution in [0.5, 0.6) is 0 Å². The molecule has 1 rings (SSSR count). The van der Waals surface area contributed by atoms with Crippen molar-refractivity contribution in [3.8, 4) is 0 Å². The maximum Gasteiger partial charge on any atom is 0.264 e. The highest BCUT2D eigenvalue weighted by atomic mass is 79.9. The minimum atomic E-state index is -2.58. The van der Waals surface area contributed by atoms with Gasteiger partial charge in [-0.05, 0) is 6.07 Å². The molecule has 0 saturated carbocycles. The van der Waals surface area contributed by atoms with Crippen LogP contribution in [0.4, 0.5) is 20.4 Å². The number of rotatable bonds is 2. The number of nitrogens with zero attached hydrogens (tertiary/aromatic N) is 1. The Bertz CT molecular complexity index is 317. The van der Waals surface area contributed by atoms with E-state index in [1.165, 1.54) is 0 Å². The number of hydrogen-bond acceptors (Lipinski definition) is 3. The van der Waals surface area contributed by atoms with Crippen LogP contribution >= 0.6 is 15.9 Å². The highest BCUT2D eigenvalue weighted by Crippen LogP contribution is 2.29. The van der Waals surface area contributed by atoms with Crippen molar-refractivity contribution >= 4 is 27.6 Å². The van der Waals surface area contributed by atoms with E-state index in [9.17, 15) is 8.78 Å². The molecule has 13 heavy (non-hydrogen) atoms. The van der Waals surface area contributed by atoms with E-state index in [4.69, 9.17) is 11.5 Å². The average molecular weight is 252 g/mol.